The van der Waals surface area contributed by atoms with Gasteiger partial charge in [-0.3, -0.25) is 4.79 Å². The van der Waals surface area contributed by atoms with Gasteiger partial charge in [0.15, 0.2) is 0 Å². The zero-order valence-electron chi connectivity index (χ0n) is 10.1. The van der Waals surface area contributed by atoms with Crippen molar-refractivity contribution >= 4 is 28.9 Å². The standard InChI is InChI=1S/C13H17ClN2O/c1-8(2)6-9-7-15-11-5-3-4-10(14)12(11)16-13(9)17/h3-5,8-9,15H,6-7H2,1-2H3,(H,16,17). The minimum Gasteiger partial charge on any atom is -0.383 e. The van der Waals surface area contributed by atoms with Gasteiger partial charge in [-0.05, 0) is 24.5 Å². The fourth-order valence-corrected chi connectivity index (χ4v) is 2.33. The molecule has 3 nitrogen and oxygen atoms in total. The number of benzene rings is 1. The monoisotopic (exact) mass is 252 g/mol. The van der Waals surface area contributed by atoms with E-state index in [2.05, 4.69) is 24.5 Å². The van der Waals surface area contributed by atoms with Crippen LogP contribution in [-0.4, -0.2) is 12.5 Å². The van der Waals surface area contributed by atoms with Gasteiger partial charge in [0.1, 0.15) is 0 Å². The third-order valence-corrected chi connectivity index (χ3v) is 3.24. The van der Waals surface area contributed by atoms with Crippen molar-refractivity contribution in [1.29, 1.82) is 0 Å². The molecule has 0 aromatic heterocycles. The highest BCUT2D eigenvalue weighted by molar-refractivity contribution is 6.34. The first-order valence-corrected chi connectivity index (χ1v) is 6.29. The van der Waals surface area contributed by atoms with Gasteiger partial charge in [-0.2, -0.15) is 0 Å². The van der Waals surface area contributed by atoms with E-state index in [-0.39, 0.29) is 11.8 Å². The van der Waals surface area contributed by atoms with Crippen LogP contribution in [0.5, 0.6) is 0 Å². The molecule has 1 aliphatic heterocycles. The predicted octanol–water partition coefficient (Wildman–Crippen LogP) is 3.37. The second-order valence-corrected chi connectivity index (χ2v) is 5.27. The minimum atomic E-state index is -0.00142. The second-order valence-electron chi connectivity index (χ2n) is 4.86. The van der Waals surface area contributed by atoms with Crippen LogP contribution in [0, 0.1) is 11.8 Å². The number of anilines is 2. The van der Waals surface area contributed by atoms with Crippen molar-refractivity contribution in [2.45, 2.75) is 20.3 Å². The molecular weight excluding hydrogens is 236 g/mol. The number of rotatable bonds is 2. The second kappa shape index (κ2) is 4.96. The van der Waals surface area contributed by atoms with Crippen molar-refractivity contribution in [3.05, 3.63) is 23.2 Å². The van der Waals surface area contributed by atoms with E-state index in [1.807, 2.05) is 12.1 Å². The molecule has 1 aromatic rings. The summed E-state index contributed by atoms with van der Waals surface area (Å²) in [6, 6.07) is 5.59. The molecule has 2 rings (SSSR count). The van der Waals surface area contributed by atoms with Gasteiger partial charge < -0.3 is 10.6 Å². The van der Waals surface area contributed by atoms with Gasteiger partial charge in [0.25, 0.3) is 0 Å². The largest absolute Gasteiger partial charge is 0.383 e. The molecule has 1 aromatic carbocycles. The highest BCUT2D eigenvalue weighted by Gasteiger charge is 2.24. The maximum atomic E-state index is 12.1. The molecule has 0 spiro atoms. The quantitative estimate of drug-likeness (QED) is 0.847. The molecule has 0 aliphatic carbocycles. The molecule has 0 saturated carbocycles. The number of nitrogens with one attached hydrogen (secondary N) is 2. The molecule has 0 fully saturated rings. The summed E-state index contributed by atoms with van der Waals surface area (Å²) in [5.74, 6) is 0.556. The number of hydrogen-bond acceptors (Lipinski definition) is 2. The number of para-hydroxylation sites is 1. The van der Waals surface area contributed by atoms with E-state index in [1.165, 1.54) is 0 Å². The summed E-state index contributed by atoms with van der Waals surface area (Å²) >= 11 is 6.08. The van der Waals surface area contributed by atoms with E-state index in [0.29, 0.717) is 23.2 Å². The molecule has 0 bridgehead atoms. The average molecular weight is 253 g/mol. The first kappa shape index (κ1) is 12.2. The summed E-state index contributed by atoms with van der Waals surface area (Å²) in [5.41, 5.74) is 1.60. The number of carbonyl (C=O) groups excluding carboxylic acids is 1. The van der Waals surface area contributed by atoms with Crippen molar-refractivity contribution in [3.8, 4) is 0 Å². The molecule has 1 heterocycles. The third kappa shape index (κ3) is 2.72. The zero-order chi connectivity index (χ0) is 12.4. The van der Waals surface area contributed by atoms with Crippen LogP contribution < -0.4 is 10.6 Å². The highest BCUT2D eigenvalue weighted by atomic mass is 35.5. The van der Waals surface area contributed by atoms with E-state index in [9.17, 15) is 4.79 Å². The SMILES string of the molecule is CC(C)CC1CNc2cccc(Cl)c2NC1=O. The molecule has 1 amide bonds. The van der Waals surface area contributed by atoms with Crippen molar-refractivity contribution < 1.29 is 4.79 Å². The van der Waals surface area contributed by atoms with E-state index in [1.54, 1.807) is 6.07 Å². The molecule has 0 radical (unpaired) electrons. The highest BCUT2D eigenvalue weighted by Crippen LogP contribution is 2.33. The van der Waals surface area contributed by atoms with Gasteiger partial charge in [-0.25, -0.2) is 0 Å². The Hall–Kier alpha value is -1.22. The number of hydrogen-bond donors (Lipinski definition) is 2. The fraction of sp³-hybridized carbons (Fsp3) is 0.462. The van der Waals surface area contributed by atoms with Gasteiger partial charge in [-0.1, -0.05) is 31.5 Å². The topological polar surface area (TPSA) is 41.1 Å². The summed E-state index contributed by atoms with van der Waals surface area (Å²) in [6.45, 7) is 4.91. The molecular formula is C13H17ClN2O. The number of halogens is 1. The van der Waals surface area contributed by atoms with Crippen LogP contribution in [0.25, 0.3) is 0 Å². The molecule has 92 valence electrons. The molecule has 0 saturated heterocycles. The minimum absolute atomic E-state index is 0.00142. The van der Waals surface area contributed by atoms with Crippen LogP contribution >= 0.6 is 11.6 Å². The van der Waals surface area contributed by atoms with Gasteiger partial charge in [0, 0.05) is 6.54 Å². The Morgan fingerprint density at radius 1 is 1.47 bits per heavy atom. The number of carbonyl (C=O) groups is 1. The summed E-state index contributed by atoms with van der Waals surface area (Å²) in [6.07, 6.45) is 0.879. The van der Waals surface area contributed by atoms with Gasteiger partial charge in [-0.15, -0.1) is 0 Å². The maximum absolute atomic E-state index is 12.1. The fourth-order valence-electron chi connectivity index (χ4n) is 2.11. The summed E-state index contributed by atoms with van der Waals surface area (Å²) in [4.78, 5) is 12.1. The van der Waals surface area contributed by atoms with Crippen molar-refractivity contribution in [2.75, 3.05) is 17.2 Å². The van der Waals surface area contributed by atoms with Gasteiger partial charge >= 0.3 is 0 Å². The van der Waals surface area contributed by atoms with Crippen LogP contribution in [0.2, 0.25) is 5.02 Å². The molecule has 17 heavy (non-hydrogen) atoms. The molecule has 1 atom stereocenters. The Balaban J connectivity index is 2.22. The van der Waals surface area contributed by atoms with Crippen LogP contribution in [0.3, 0.4) is 0 Å². The van der Waals surface area contributed by atoms with Crippen molar-refractivity contribution in [3.63, 3.8) is 0 Å². The molecule has 1 unspecified atom stereocenters. The first-order chi connectivity index (χ1) is 8.08. The van der Waals surface area contributed by atoms with Crippen molar-refractivity contribution in [2.24, 2.45) is 11.8 Å². The zero-order valence-corrected chi connectivity index (χ0v) is 10.8. The lowest BCUT2D eigenvalue weighted by Crippen LogP contribution is -2.27. The van der Waals surface area contributed by atoms with E-state index >= 15 is 0 Å². The summed E-state index contributed by atoms with van der Waals surface area (Å²) in [7, 11) is 0. The van der Waals surface area contributed by atoms with Crippen LogP contribution in [0.15, 0.2) is 18.2 Å². The normalized spacial score (nSPS) is 19.3. The number of amides is 1. The van der Waals surface area contributed by atoms with E-state index in [4.69, 9.17) is 11.6 Å². The smallest absolute Gasteiger partial charge is 0.229 e. The average Bonchev–Trinajstić information content (AvgIpc) is 2.41. The molecule has 1 aliphatic rings. The summed E-state index contributed by atoms with van der Waals surface area (Å²) < 4.78 is 0. The van der Waals surface area contributed by atoms with Crippen LogP contribution in [0.4, 0.5) is 11.4 Å². The third-order valence-electron chi connectivity index (χ3n) is 2.93. The lowest BCUT2D eigenvalue weighted by atomic mass is 9.96. The lowest BCUT2D eigenvalue weighted by Gasteiger charge is -2.15. The molecule has 2 N–H and O–H groups in total. The van der Waals surface area contributed by atoms with E-state index in [0.717, 1.165) is 12.1 Å². The predicted molar refractivity (Wildman–Crippen MR) is 71.5 cm³/mol. The Morgan fingerprint density at radius 2 is 2.24 bits per heavy atom. The Kier molecular flexibility index (Phi) is 3.57. The number of fused-ring (bicyclic) bond motifs is 1. The maximum Gasteiger partial charge on any atom is 0.229 e. The molecule has 4 heteroatoms. The van der Waals surface area contributed by atoms with E-state index < -0.39 is 0 Å². The van der Waals surface area contributed by atoms with Crippen LogP contribution in [0.1, 0.15) is 20.3 Å². The lowest BCUT2D eigenvalue weighted by molar-refractivity contribution is -0.119. The van der Waals surface area contributed by atoms with Crippen LogP contribution in [-0.2, 0) is 4.79 Å². The first-order valence-electron chi connectivity index (χ1n) is 5.91. The Bertz CT molecular complexity index is 431. The van der Waals surface area contributed by atoms with Crippen molar-refractivity contribution in [1.82, 2.24) is 0 Å². The van der Waals surface area contributed by atoms with Gasteiger partial charge in [0.2, 0.25) is 5.91 Å². The Morgan fingerprint density at radius 3 is 2.94 bits per heavy atom. The summed E-state index contributed by atoms with van der Waals surface area (Å²) in [5, 5.41) is 6.77. The van der Waals surface area contributed by atoms with Gasteiger partial charge in [0.05, 0.1) is 22.3 Å². The Labute approximate surface area is 107 Å².